The molecule has 0 saturated carbocycles. The second-order valence-electron chi connectivity index (χ2n) is 5.75. The van der Waals surface area contributed by atoms with Gasteiger partial charge < -0.3 is 15.5 Å². The molecule has 7 nitrogen and oxygen atoms in total. The number of carbonyl (C=O) groups excluding carboxylic acids is 3. The maximum Gasteiger partial charge on any atom is 0.325 e. The molecule has 0 bridgehead atoms. The number of nitrogens with zero attached hydrogens (tertiary/aromatic N) is 2. The summed E-state index contributed by atoms with van der Waals surface area (Å²) in [5, 5.41) is 5.95. The molecule has 2 saturated heterocycles. The molecule has 0 aliphatic carbocycles. The standard InChI is InChI=1S/C14H24N4O3/c1-4-14(5-2)12(20)18(13(21)16-14)9-11(19)17-7-6-15-8-10(17)3/h10,15H,4-9H2,1-3H3,(H,16,21). The van der Waals surface area contributed by atoms with Crippen LogP contribution in [-0.4, -0.2) is 65.4 Å². The third-order valence-corrected chi connectivity index (χ3v) is 4.57. The number of nitrogens with one attached hydrogen (secondary N) is 2. The van der Waals surface area contributed by atoms with E-state index in [0.29, 0.717) is 19.4 Å². The fraction of sp³-hybridized carbons (Fsp3) is 0.786. The van der Waals surface area contributed by atoms with E-state index in [9.17, 15) is 14.4 Å². The molecule has 2 fully saturated rings. The third kappa shape index (κ3) is 2.74. The minimum Gasteiger partial charge on any atom is -0.336 e. The van der Waals surface area contributed by atoms with Gasteiger partial charge in [0.2, 0.25) is 5.91 Å². The first-order valence-electron chi connectivity index (χ1n) is 7.59. The zero-order valence-electron chi connectivity index (χ0n) is 12.9. The van der Waals surface area contributed by atoms with Crippen LogP contribution in [0.3, 0.4) is 0 Å². The Bertz CT molecular complexity index is 448. The van der Waals surface area contributed by atoms with E-state index in [4.69, 9.17) is 0 Å². The first-order valence-corrected chi connectivity index (χ1v) is 7.59. The lowest BCUT2D eigenvalue weighted by molar-refractivity contribution is -0.140. The zero-order chi connectivity index (χ0) is 15.6. The Balaban J connectivity index is 2.07. The van der Waals surface area contributed by atoms with Gasteiger partial charge in [0, 0.05) is 25.7 Å². The molecule has 0 aromatic carbocycles. The molecular weight excluding hydrogens is 272 g/mol. The van der Waals surface area contributed by atoms with Crippen molar-refractivity contribution in [2.45, 2.75) is 45.2 Å². The van der Waals surface area contributed by atoms with E-state index in [1.807, 2.05) is 20.8 Å². The fourth-order valence-electron chi connectivity index (χ4n) is 2.99. The molecule has 4 amide bonds. The van der Waals surface area contributed by atoms with Crippen molar-refractivity contribution in [2.24, 2.45) is 0 Å². The van der Waals surface area contributed by atoms with Crippen LogP contribution in [0.2, 0.25) is 0 Å². The fourth-order valence-corrected chi connectivity index (χ4v) is 2.99. The van der Waals surface area contributed by atoms with Crippen LogP contribution in [0.5, 0.6) is 0 Å². The largest absolute Gasteiger partial charge is 0.336 e. The lowest BCUT2D eigenvalue weighted by atomic mass is 9.93. The molecule has 2 N–H and O–H groups in total. The van der Waals surface area contributed by atoms with E-state index in [0.717, 1.165) is 18.0 Å². The Labute approximate surface area is 125 Å². The Morgan fingerprint density at radius 2 is 2.00 bits per heavy atom. The maximum absolute atomic E-state index is 12.5. The van der Waals surface area contributed by atoms with Gasteiger partial charge in [-0.1, -0.05) is 13.8 Å². The SMILES string of the molecule is CCC1(CC)NC(=O)N(CC(=O)N2CCNCC2C)C1=O. The van der Waals surface area contributed by atoms with Crippen molar-refractivity contribution < 1.29 is 14.4 Å². The van der Waals surface area contributed by atoms with E-state index in [1.165, 1.54) is 0 Å². The van der Waals surface area contributed by atoms with Crippen molar-refractivity contribution in [1.82, 2.24) is 20.4 Å². The van der Waals surface area contributed by atoms with Gasteiger partial charge >= 0.3 is 6.03 Å². The molecule has 2 aliphatic rings. The third-order valence-electron chi connectivity index (χ3n) is 4.57. The topological polar surface area (TPSA) is 81.8 Å². The molecule has 1 atom stereocenters. The number of rotatable bonds is 4. The van der Waals surface area contributed by atoms with E-state index < -0.39 is 11.6 Å². The van der Waals surface area contributed by atoms with Gasteiger partial charge in [-0.05, 0) is 19.8 Å². The Morgan fingerprint density at radius 1 is 1.33 bits per heavy atom. The summed E-state index contributed by atoms with van der Waals surface area (Å²) in [6.45, 7) is 7.60. The molecule has 21 heavy (non-hydrogen) atoms. The van der Waals surface area contributed by atoms with Gasteiger partial charge in [-0.3, -0.25) is 14.5 Å². The van der Waals surface area contributed by atoms with Crippen molar-refractivity contribution in [1.29, 1.82) is 0 Å². The number of hydrogen-bond donors (Lipinski definition) is 2. The van der Waals surface area contributed by atoms with Gasteiger partial charge in [0.05, 0.1) is 0 Å². The molecule has 0 radical (unpaired) electrons. The van der Waals surface area contributed by atoms with E-state index in [1.54, 1.807) is 4.90 Å². The molecular formula is C14H24N4O3. The Kier molecular flexibility index (Phi) is 4.51. The molecule has 0 aromatic rings. The van der Waals surface area contributed by atoms with Crippen molar-refractivity contribution in [3.8, 4) is 0 Å². The molecule has 118 valence electrons. The van der Waals surface area contributed by atoms with Crippen LogP contribution in [0, 0.1) is 0 Å². The molecule has 1 unspecified atom stereocenters. The van der Waals surface area contributed by atoms with Crippen LogP contribution in [0.25, 0.3) is 0 Å². The molecule has 0 aromatic heterocycles. The van der Waals surface area contributed by atoms with Gasteiger partial charge in [-0.2, -0.15) is 0 Å². The maximum atomic E-state index is 12.5. The molecule has 2 heterocycles. The second kappa shape index (κ2) is 6.01. The number of carbonyl (C=O) groups is 3. The average Bonchev–Trinajstić information content (AvgIpc) is 2.72. The predicted octanol–water partition coefficient (Wildman–Crippen LogP) is -0.0827. The van der Waals surface area contributed by atoms with Gasteiger partial charge in [0.1, 0.15) is 12.1 Å². The summed E-state index contributed by atoms with van der Waals surface area (Å²) >= 11 is 0. The molecule has 2 rings (SSSR count). The van der Waals surface area contributed by atoms with Gasteiger partial charge in [-0.15, -0.1) is 0 Å². The number of urea groups is 1. The van der Waals surface area contributed by atoms with Crippen LogP contribution in [0.15, 0.2) is 0 Å². The zero-order valence-corrected chi connectivity index (χ0v) is 12.9. The predicted molar refractivity (Wildman–Crippen MR) is 77.6 cm³/mol. The summed E-state index contributed by atoms with van der Waals surface area (Å²) in [4.78, 5) is 39.6. The van der Waals surface area contributed by atoms with E-state index in [-0.39, 0.29) is 24.4 Å². The van der Waals surface area contributed by atoms with E-state index in [2.05, 4.69) is 10.6 Å². The highest BCUT2D eigenvalue weighted by Gasteiger charge is 2.49. The minimum absolute atomic E-state index is 0.0779. The molecule has 2 aliphatic heterocycles. The van der Waals surface area contributed by atoms with Gasteiger partial charge in [0.25, 0.3) is 5.91 Å². The summed E-state index contributed by atoms with van der Waals surface area (Å²) < 4.78 is 0. The van der Waals surface area contributed by atoms with Crippen LogP contribution in [-0.2, 0) is 9.59 Å². The van der Waals surface area contributed by atoms with Crippen molar-refractivity contribution in [2.75, 3.05) is 26.2 Å². The quantitative estimate of drug-likeness (QED) is 0.711. The van der Waals surface area contributed by atoms with Crippen molar-refractivity contribution in [3.63, 3.8) is 0 Å². The smallest absolute Gasteiger partial charge is 0.325 e. The van der Waals surface area contributed by atoms with Crippen molar-refractivity contribution >= 4 is 17.8 Å². The summed E-state index contributed by atoms with van der Waals surface area (Å²) in [6, 6.07) is -0.381. The number of piperazine rings is 1. The van der Waals surface area contributed by atoms with Crippen LogP contribution >= 0.6 is 0 Å². The number of imide groups is 1. The summed E-state index contributed by atoms with van der Waals surface area (Å²) in [5.41, 5.74) is -0.841. The van der Waals surface area contributed by atoms with Crippen molar-refractivity contribution in [3.05, 3.63) is 0 Å². The monoisotopic (exact) mass is 296 g/mol. The first-order chi connectivity index (χ1) is 9.95. The van der Waals surface area contributed by atoms with Crippen LogP contribution in [0.1, 0.15) is 33.6 Å². The van der Waals surface area contributed by atoms with Gasteiger partial charge in [0.15, 0.2) is 0 Å². The summed E-state index contributed by atoms with van der Waals surface area (Å²) in [6.07, 6.45) is 1.06. The second-order valence-corrected chi connectivity index (χ2v) is 5.75. The molecule has 0 spiro atoms. The van der Waals surface area contributed by atoms with E-state index >= 15 is 0 Å². The highest BCUT2D eigenvalue weighted by molar-refractivity contribution is 6.09. The van der Waals surface area contributed by atoms with Crippen LogP contribution in [0.4, 0.5) is 4.79 Å². The molecule has 7 heteroatoms. The summed E-state index contributed by atoms with van der Waals surface area (Å²) in [5.74, 6) is -0.454. The number of hydrogen-bond acceptors (Lipinski definition) is 4. The minimum atomic E-state index is -0.841. The summed E-state index contributed by atoms with van der Waals surface area (Å²) in [7, 11) is 0. The Morgan fingerprint density at radius 3 is 2.52 bits per heavy atom. The normalized spacial score (nSPS) is 25.2. The lowest BCUT2D eigenvalue weighted by Crippen LogP contribution is -2.55. The lowest BCUT2D eigenvalue weighted by Gasteiger charge is -2.34. The average molecular weight is 296 g/mol. The highest BCUT2D eigenvalue weighted by atomic mass is 16.2. The van der Waals surface area contributed by atoms with Crippen LogP contribution < -0.4 is 10.6 Å². The Hall–Kier alpha value is -1.63. The van der Waals surface area contributed by atoms with Gasteiger partial charge in [-0.25, -0.2) is 4.79 Å². The number of amides is 4. The first kappa shape index (κ1) is 15.8. The highest BCUT2D eigenvalue weighted by Crippen LogP contribution is 2.24.